The van der Waals surface area contributed by atoms with Crippen LogP contribution in [-0.4, -0.2) is 21.9 Å². The lowest BCUT2D eigenvalue weighted by Gasteiger charge is -2.24. The zero-order valence-electron chi connectivity index (χ0n) is 16.0. The number of hydrogen-bond acceptors (Lipinski definition) is 4. The van der Waals surface area contributed by atoms with E-state index in [0.29, 0.717) is 34.1 Å². The number of hydrogen-bond donors (Lipinski definition) is 3. The molecule has 0 spiro atoms. The van der Waals surface area contributed by atoms with Crippen LogP contribution in [0.25, 0.3) is 0 Å². The number of alkyl halides is 3. The van der Waals surface area contributed by atoms with Crippen LogP contribution >= 0.6 is 31.2 Å². The zero-order valence-corrected chi connectivity index (χ0v) is 18.5. The number of benzene rings is 2. The lowest BCUT2D eigenvalue weighted by molar-refractivity contribution is -0.137. The van der Waals surface area contributed by atoms with Crippen molar-refractivity contribution in [1.29, 1.82) is 0 Å². The van der Waals surface area contributed by atoms with Crippen molar-refractivity contribution < 1.29 is 32.0 Å². The molecule has 4 N–H and O–H groups in total. The maximum absolute atomic E-state index is 12.8. The summed E-state index contributed by atoms with van der Waals surface area (Å²) in [5.74, 6) is 0. The van der Waals surface area contributed by atoms with E-state index < -0.39 is 25.1 Å². The smallest absolute Gasteiger partial charge is 0.323 e. The lowest BCUT2D eigenvalue weighted by Crippen LogP contribution is -2.40. The van der Waals surface area contributed by atoms with Crippen molar-refractivity contribution in [2.75, 3.05) is 6.61 Å². The highest BCUT2D eigenvalue weighted by atomic mass is 35.5. The van der Waals surface area contributed by atoms with Gasteiger partial charge < -0.3 is 15.5 Å². The highest BCUT2D eigenvalue weighted by Crippen LogP contribution is 2.37. The molecule has 0 radical (unpaired) electrons. The van der Waals surface area contributed by atoms with E-state index in [2.05, 4.69) is 4.52 Å². The minimum atomic E-state index is -4.57. The molecule has 2 aromatic rings. The average molecular weight is 484 g/mol. The Balaban J connectivity index is 1.95. The molecule has 0 aliphatic carbocycles. The fourth-order valence-corrected chi connectivity index (χ4v) is 4.37. The molecule has 0 saturated carbocycles. The van der Waals surface area contributed by atoms with Gasteiger partial charge in [-0.1, -0.05) is 35.5 Å². The van der Waals surface area contributed by atoms with Gasteiger partial charge in [0.2, 0.25) is 0 Å². The summed E-state index contributed by atoms with van der Waals surface area (Å²) in [6.07, 6.45) is -2.76. The Kier molecular flexibility index (Phi) is 8.43. The maximum Gasteiger partial charge on any atom is 0.469 e. The molecule has 166 valence electrons. The van der Waals surface area contributed by atoms with E-state index in [1.807, 2.05) is 0 Å². The topological polar surface area (TPSA) is 92.8 Å². The highest BCUT2D eigenvalue weighted by molar-refractivity contribution is 7.99. The van der Waals surface area contributed by atoms with Crippen molar-refractivity contribution in [2.24, 2.45) is 5.73 Å². The van der Waals surface area contributed by atoms with Crippen LogP contribution < -0.4 is 5.73 Å². The van der Waals surface area contributed by atoms with E-state index in [1.54, 1.807) is 31.2 Å². The van der Waals surface area contributed by atoms with Crippen LogP contribution in [-0.2, 0) is 21.7 Å². The lowest BCUT2D eigenvalue weighted by atomic mass is 9.95. The van der Waals surface area contributed by atoms with Crippen LogP contribution in [0.15, 0.2) is 52.3 Å². The van der Waals surface area contributed by atoms with Gasteiger partial charge in [0.15, 0.2) is 0 Å². The third-order valence-electron chi connectivity index (χ3n) is 4.18. The third kappa shape index (κ3) is 8.59. The first kappa shape index (κ1) is 25.2. The summed E-state index contributed by atoms with van der Waals surface area (Å²) in [5.41, 5.74) is 5.22. The number of rotatable bonds is 9. The van der Waals surface area contributed by atoms with Gasteiger partial charge >= 0.3 is 14.0 Å². The van der Waals surface area contributed by atoms with Gasteiger partial charge in [0.1, 0.15) is 0 Å². The summed E-state index contributed by atoms with van der Waals surface area (Å²) in [7, 11) is -4.57. The standard InChI is InChI=1S/C19H22ClF3NO4PS/c1-18(24,12-28-29(25,26)27)9-3-4-13-7-8-16(11-17(13)20)30-15-6-2-5-14(10-15)19(21,22)23/h2,5-8,10-11H,3-4,9,12,24H2,1H3,(H2,25,26,27)/t18-/m1/s1. The van der Waals surface area contributed by atoms with Crippen molar-refractivity contribution >= 4 is 31.2 Å². The second-order valence-electron chi connectivity index (χ2n) is 7.15. The summed E-state index contributed by atoms with van der Waals surface area (Å²) in [6.45, 7) is 1.36. The molecule has 11 heteroatoms. The van der Waals surface area contributed by atoms with Crippen molar-refractivity contribution in [3.05, 3.63) is 58.6 Å². The van der Waals surface area contributed by atoms with Crippen LogP contribution in [0, 0.1) is 0 Å². The molecule has 2 aromatic carbocycles. The quantitative estimate of drug-likeness (QED) is 0.399. The van der Waals surface area contributed by atoms with Gasteiger partial charge in [-0.2, -0.15) is 13.2 Å². The van der Waals surface area contributed by atoms with Gasteiger partial charge in [-0.05, 0) is 62.1 Å². The van der Waals surface area contributed by atoms with Crippen LogP contribution in [0.4, 0.5) is 13.2 Å². The Morgan fingerprint density at radius 1 is 1.17 bits per heavy atom. The molecular formula is C19H22ClF3NO4PS. The molecule has 0 aliphatic rings. The molecule has 30 heavy (non-hydrogen) atoms. The van der Waals surface area contributed by atoms with Gasteiger partial charge in [-0.3, -0.25) is 4.52 Å². The van der Waals surface area contributed by atoms with Gasteiger partial charge in [-0.15, -0.1) is 0 Å². The van der Waals surface area contributed by atoms with E-state index >= 15 is 0 Å². The zero-order chi connectivity index (χ0) is 22.6. The van der Waals surface area contributed by atoms with Crippen molar-refractivity contribution in [3.8, 4) is 0 Å². The summed E-state index contributed by atoms with van der Waals surface area (Å²) < 4.78 is 53.8. The Morgan fingerprint density at radius 3 is 2.43 bits per heavy atom. The fourth-order valence-electron chi connectivity index (χ4n) is 2.65. The maximum atomic E-state index is 12.8. The molecule has 1 atom stereocenters. The first-order valence-electron chi connectivity index (χ1n) is 8.88. The second kappa shape index (κ2) is 10.0. The van der Waals surface area contributed by atoms with E-state index in [4.69, 9.17) is 27.1 Å². The van der Waals surface area contributed by atoms with Crippen molar-refractivity contribution in [3.63, 3.8) is 0 Å². The Labute approximate surface area is 182 Å². The molecular weight excluding hydrogens is 462 g/mol. The summed E-state index contributed by atoms with van der Waals surface area (Å²) in [5, 5.41) is 0.483. The number of aryl methyl sites for hydroxylation is 1. The summed E-state index contributed by atoms with van der Waals surface area (Å²) in [4.78, 5) is 18.7. The van der Waals surface area contributed by atoms with Crippen LogP contribution in [0.5, 0.6) is 0 Å². The molecule has 0 heterocycles. The molecule has 0 bridgehead atoms. The second-order valence-corrected chi connectivity index (χ2v) is 9.95. The van der Waals surface area contributed by atoms with Crippen LogP contribution in [0.2, 0.25) is 5.02 Å². The van der Waals surface area contributed by atoms with Gasteiger partial charge in [0.05, 0.1) is 12.2 Å². The monoisotopic (exact) mass is 483 g/mol. The first-order chi connectivity index (χ1) is 13.8. The number of phosphoric ester groups is 1. The SMILES string of the molecule is C[C@@](N)(CCCc1ccc(Sc2cccc(C(F)(F)F)c2)cc1Cl)COP(=O)(O)O. The number of nitrogens with two attached hydrogens (primary N) is 1. The number of halogens is 4. The van der Waals surface area contributed by atoms with Crippen molar-refractivity contribution in [1.82, 2.24) is 0 Å². The molecule has 0 saturated heterocycles. The summed E-state index contributed by atoms with van der Waals surface area (Å²) in [6, 6.07) is 10.4. The van der Waals surface area contributed by atoms with E-state index in [0.717, 1.165) is 17.7 Å². The predicted octanol–water partition coefficient (Wildman–Crippen LogP) is 5.66. The van der Waals surface area contributed by atoms with Crippen molar-refractivity contribution in [2.45, 2.75) is 47.7 Å². The summed E-state index contributed by atoms with van der Waals surface area (Å²) >= 11 is 7.50. The van der Waals surface area contributed by atoms with Gasteiger partial charge in [0, 0.05) is 20.4 Å². The largest absolute Gasteiger partial charge is 0.469 e. The molecule has 0 aromatic heterocycles. The Bertz CT molecular complexity index is 921. The minimum absolute atomic E-state index is 0.280. The minimum Gasteiger partial charge on any atom is -0.323 e. The molecule has 0 fully saturated rings. The first-order valence-corrected chi connectivity index (χ1v) is 11.6. The van der Waals surface area contributed by atoms with E-state index in [9.17, 15) is 17.7 Å². The Morgan fingerprint density at radius 2 is 1.83 bits per heavy atom. The number of phosphoric acid groups is 1. The van der Waals surface area contributed by atoms with E-state index in [1.165, 1.54) is 17.8 Å². The third-order valence-corrected chi connectivity index (χ3v) is 5.97. The highest BCUT2D eigenvalue weighted by Gasteiger charge is 2.30. The fraction of sp³-hybridized carbons (Fsp3) is 0.368. The molecule has 5 nitrogen and oxygen atoms in total. The van der Waals surface area contributed by atoms with Crippen LogP contribution in [0.1, 0.15) is 30.9 Å². The molecule has 2 rings (SSSR count). The predicted molar refractivity (Wildman–Crippen MR) is 111 cm³/mol. The average Bonchev–Trinajstić information content (AvgIpc) is 2.61. The Hall–Kier alpha value is -1.06. The normalized spacial score (nSPS) is 14.5. The van der Waals surface area contributed by atoms with Gasteiger partial charge in [0.25, 0.3) is 0 Å². The van der Waals surface area contributed by atoms with E-state index in [-0.39, 0.29) is 6.61 Å². The van der Waals surface area contributed by atoms with Crippen LogP contribution in [0.3, 0.4) is 0 Å². The molecule has 0 unspecified atom stereocenters. The van der Waals surface area contributed by atoms with Gasteiger partial charge in [-0.25, -0.2) is 4.57 Å². The molecule has 0 aliphatic heterocycles. The molecule has 0 amide bonds.